The highest BCUT2D eigenvalue weighted by Crippen LogP contribution is 2.09. The van der Waals surface area contributed by atoms with Crippen LogP contribution in [0.1, 0.15) is 38.3 Å². The van der Waals surface area contributed by atoms with Gasteiger partial charge in [0.1, 0.15) is 25.0 Å². The van der Waals surface area contributed by atoms with E-state index in [-0.39, 0.29) is 26.3 Å². The predicted octanol–water partition coefficient (Wildman–Crippen LogP) is 3.21. The lowest BCUT2D eigenvalue weighted by molar-refractivity contribution is -0.147. The van der Waals surface area contributed by atoms with E-state index in [2.05, 4.69) is 5.32 Å². The van der Waals surface area contributed by atoms with E-state index in [0.29, 0.717) is 6.61 Å². The Hall–Kier alpha value is -4.18. The quantitative estimate of drug-likeness (QED) is 0.384. The second-order valence-corrected chi connectivity index (χ2v) is 9.60. The van der Waals surface area contributed by atoms with E-state index in [0.717, 1.165) is 15.7 Å². The molecule has 0 fully saturated rings. The van der Waals surface area contributed by atoms with Crippen LogP contribution in [-0.4, -0.2) is 32.8 Å². The maximum absolute atomic E-state index is 13.0. The molecule has 10 heteroatoms. The number of nitrogens with zero attached hydrogens (tertiary/aromatic N) is 2. The molecular weight excluding hydrogens is 490 g/mol. The van der Waals surface area contributed by atoms with Gasteiger partial charge in [0.25, 0.3) is 5.56 Å². The Kier molecular flexibility index (Phi) is 10.0. The first-order valence-electron chi connectivity index (χ1n) is 12.2. The van der Waals surface area contributed by atoms with Gasteiger partial charge in [0.05, 0.1) is 6.61 Å². The molecule has 0 aliphatic heterocycles. The number of esters is 1. The minimum absolute atomic E-state index is 0.00299. The number of ether oxygens (including phenoxy) is 3. The van der Waals surface area contributed by atoms with Crippen LogP contribution in [0, 0.1) is 0 Å². The van der Waals surface area contributed by atoms with Crippen molar-refractivity contribution in [1.29, 1.82) is 0 Å². The van der Waals surface area contributed by atoms with E-state index in [4.69, 9.17) is 14.2 Å². The van der Waals surface area contributed by atoms with Crippen molar-refractivity contribution in [3.05, 3.63) is 105 Å². The number of aromatic nitrogens is 2. The van der Waals surface area contributed by atoms with Crippen LogP contribution >= 0.6 is 0 Å². The maximum atomic E-state index is 13.0. The van der Waals surface area contributed by atoms with E-state index in [1.807, 2.05) is 48.5 Å². The highest BCUT2D eigenvalue weighted by atomic mass is 16.6. The van der Waals surface area contributed by atoms with Crippen molar-refractivity contribution in [2.45, 2.75) is 65.3 Å². The first-order valence-corrected chi connectivity index (χ1v) is 12.2. The highest BCUT2D eigenvalue weighted by molar-refractivity contribution is 5.81. The first-order chi connectivity index (χ1) is 18.1. The molecule has 1 unspecified atom stereocenters. The van der Waals surface area contributed by atoms with Crippen molar-refractivity contribution in [3.8, 4) is 0 Å². The molecule has 0 saturated carbocycles. The van der Waals surface area contributed by atoms with Gasteiger partial charge >= 0.3 is 17.8 Å². The van der Waals surface area contributed by atoms with Crippen LogP contribution in [0.2, 0.25) is 0 Å². The monoisotopic (exact) mass is 523 g/mol. The molecule has 0 spiro atoms. The number of alkyl carbamates (subject to hydrolysis) is 1. The van der Waals surface area contributed by atoms with Crippen molar-refractivity contribution in [3.63, 3.8) is 0 Å². The minimum Gasteiger partial charge on any atom is -0.459 e. The summed E-state index contributed by atoms with van der Waals surface area (Å²) in [6, 6.07) is 18.6. The normalized spacial score (nSPS) is 12.0. The summed E-state index contributed by atoms with van der Waals surface area (Å²) in [5.74, 6) is -0.713. The Morgan fingerprint density at radius 2 is 1.50 bits per heavy atom. The zero-order valence-corrected chi connectivity index (χ0v) is 21.8. The van der Waals surface area contributed by atoms with Gasteiger partial charge in [0.15, 0.2) is 0 Å². The highest BCUT2D eigenvalue weighted by Gasteiger charge is 2.26. The average Bonchev–Trinajstić information content (AvgIpc) is 2.88. The summed E-state index contributed by atoms with van der Waals surface area (Å²) in [5.41, 5.74) is -0.206. The molecule has 38 heavy (non-hydrogen) atoms. The summed E-state index contributed by atoms with van der Waals surface area (Å²) in [5, 5.41) is 2.50. The van der Waals surface area contributed by atoms with Crippen LogP contribution in [-0.2, 0) is 45.5 Å². The number of benzene rings is 2. The van der Waals surface area contributed by atoms with E-state index in [9.17, 15) is 19.2 Å². The molecule has 10 nitrogen and oxygen atoms in total. The lowest BCUT2D eigenvalue weighted by Gasteiger charge is -2.23. The Morgan fingerprint density at radius 1 is 0.895 bits per heavy atom. The smallest absolute Gasteiger partial charge is 0.408 e. The SMILES string of the molecule is CC(C)(C)OC(=O)NC(CCn1c(=O)ccn(COCc2ccccc2)c1=O)C(=O)OCc1ccccc1. The molecule has 0 aliphatic rings. The Balaban J connectivity index is 1.69. The van der Waals surface area contributed by atoms with Crippen molar-refractivity contribution < 1.29 is 23.8 Å². The molecule has 0 saturated heterocycles. The zero-order chi connectivity index (χ0) is 27.5. The lowest BCUT2D eigenvalue weighted by Crippen LogP contribution is -2.46. The van der Waals surface area contributed by atoms with Gasteiger partial charge in [0, 0.05) is 18.8 Å². The predicted molar refractivity (Wildman–Crippen MR) is 140 cm³/mol. The summed E-state index contributed by atoms with van der Waals surface area (Å²) in [6.45, 7) is 5.18. The van der Waals surface area contributed by atoms with E-state index in [1.54, 1.807) is 32.9 Å². The minimum atomic E-state index is -1.15. The summed E-state index contributed by atoms with van der Waals surface area (Å²) >= 11 is 0. The molecule has 1 heterocycles. The Morgan fingerprint density at radius 3 is 2.11 bits per heavy atom. The van der Waals surface area contributed by atoms with Crippen LogP contribution in [0.15, 0.2) is 82.5 Å². The number of nitrogens with one attached hydrogen (secondary N) is 1. The lowest BCUT2D eigenvalue weighted by atomic mass is 10.2. The summed E-state index contributed by atoms with van der Waals surface area (Å²) in [6.07, 6.45) is 0.472. The largest absolute Gasteiger partial charge is 0.459 e. The number of hydrogen-bond acceptors (Lipinski definition) is 7. The molecule has 1 atom stereocenters. The van der Waals surface area contributed by atoms with Gasteiger partial charge in [0.2, 0.25) is 0 Å². The van der Waals surface area contributed by atoms with Crippen molar-refractivity contribution in [2.24, 2.45) is 0 Å². The third-order valence-electron chi connectivity index (χ3n) is 5.32. The second-order valence-electron chi connectivity index (χ2n) is 9.60. The molecule has 0 aliphatic carbocycles. The number of hydrogen-bond donors (Lipinski definition) is 1. The van der Waals surface area contributed by atoms with Gasteiger partial charge in [-0.1, -0.05) is 60.7 Å². The number of carbonyl (C=O) groups excluding carboxylic acids is 2. The summed E-state index contributed by atoms with van der Waals surface area (Å²) < 4.78 is 18.5. The summed E-state index contributed by atoms with van der Waals surface area (Å²) in [4.78, 5) is 50.7. The van der Waals surface area contributed by atoms with Crippen molar-refractivity contribution in [2.75, 3.05) is 0 Å². The van der Waals surface area contributed by atoms with Gasteiger partial charge in [-0.05, 0) is 38.3 Å². The fourth-order valence-electron chi connectivity index (χ4n) is 3.48. The van der Waals surface area contributed by atoms with E-state index in [1.165, 1.54) is 16.8 Å². The van der Waals surface area contributed by atoms with Crippen LogP contribution < -0.4 is 16.6 Å². The van der Waals surface area contributed by atoms with Crippen LogP contribution in [0.5, 0.6) is 0 Å². The van der Waals surface area contributed by atoms with Crippen LogP contribution in [0.3, 0.4) is 0 Å². The molecule has 2 aromatic carbocycles. The third kappa shape index (κ3) is 9.04. The number of amides is 1. The van der Waals surface area contributed by atoms with Gasteiger partial charge in [-0.2, -0.15) is 0 Å². The third-order valence-corrected chi connectivity index (χ3v) is 5.32. The molecule has 202 valence electrons. The molecule has 1 aromatic heterocycles. The summed E-state index contributed by atoms with van der Waals surface area (Å²) in [7, 11) is 0. The number of rotatable bonds is 11. The standard InChI is InChI=1S/C28H33N3O7/c1-28(2,3)38-26(34)29-23(25(33)37-19-22-12-8-5-9-13-22)14-17-31-24(32)15-16-30(27(31)35)20-36-18-21-10-6-4-7-11-21/h4-13,15-16,23H,14,17-20H2,1-3H3,(H,29,34). The topological polar surface area (TPSA) is 118 Å². The van der Waals surface area contributed by atoms with Gasteiger partial charge in [-0.25, -0.2) is 14.4 Å². The Bertz CT molecular complexity index is 1310. The van der Waals surface area contributed by atoms with E-state index >= 15 is 0 Å². The zero-order valence-electron chi connectivity index (χ0n) is 21.8. The molecule has 1 amide bonds. The fourth-order valence-corrected chi connectivity index (χ4v) is 3.48. The van der Waals surface area contributed by atoms with Gasteiger partial charge in [-0.3, -0.25) is 13.9 Å². The Labute approximate surface area is 220 Å². The van der Waals surface area contributed by atoms with Crippen LogP contribution in [0.4, 0.5) is 4.79 Å². The fraction of sp³-hybridized carbons (Fsp3) is 0.357. The molecule has 3 aromatic rings. The average molecular weight is 524 g/mol. The first kappa shape index (κ1) is 28.4. The molecule has 1 N–H and O–H groups in total. The molecule has 0 bridgehead atoms. The number of carbonyl (C=O) groups is 2. The van der Waals surface area contributed by atoms with Crippen molar-refractivity contribution >= 4 is 12.1 Å². The molecule has 0 radical (unpaired) electrons. The maximum Gasteiger partial charge on any atom is 0.408 e. The molecular formula is C28H33N3O7. The molecule has 3 rings (SSSR count). The van der Waals surface area contributed by atoms with Crippen LogP contribution in [0.25, 0.3) is 0 Å². The second kappa shape index (κ2) is 13.4. The van der Waals surface area contributed by atoms with Gasteiger partial charge < -0.3 is 19.5 Å². The van der Waals surface area contributed by atoms with E-state index < -0.39 is 35.0 Å². The van der Waals surface area contributed by atoms with Crippen molar-refractivity contribution in [1.82, 2.24) is 14.5 Å². The van der Waals surface area contributed by atoms with Gasteiger partial charge in [-0.15, -0.1) is 0 Å².